The van der Waals surface area contributed by atoms with E-state index >= 15 is 0 Å². The van der Waals surface area contributed by atoms with E-state index in [2.05, 4.69) is 6.58 Å². The molecular weight excluding hydrogens is 111 g/mol. The first-order valence-corrected chi connectivity index (χ1v) is 3.05. The molecule has 1 N–H and O–H groups in total. The number of carboxylic acid groups (broad SMARTS) is 1. The minimum atomic E-state index is -0.736. The van der Waals surface area contributed by atoms with Crippen molar-refractivity contribution in [2.75, 3.05) is 6.16 Å². The van der Waals surface area contributed by atoms with E-state index in [1.165, 1.54) is 0 Å². The Kier molecular flexibility index (Phi) is 3.62. The highest BCUT2D eigenvalue weighted by Crippen LogP contribution is 2.08. The maximum atomic E-state index is 9.72. The molecule has 0 aromatic heterocycles. The van der Waals surface area contributed by atoms with Gasteiger partial charge in [-0.1, -0.05) is 6.08 Å². The van der Waals surface area contributed by atoms with E-state index in [-0.39, 0.29) is 8.58 Å². The molecule has 7 heavy (non-hydrogen) atoms. The second-order valence-corrected chi connectivity index (χ2v) is 2.16. The first kappa shape index (κ1) is 6.64. The van der Waals surface area contributed by atoms with E-state index in [9.17, 15) is 4.79 Å². The topological polar surface area (TPSA) is 37.3 Å². The van der Waals surface area contributed by atoms with Gasteiger partial charge in [0.1, 0.15) is 0 Å². The highest BCUT2D eigenvalue weighted by Gasteiger charge is 1.88. The summed E-state index contributed by atoms with van der Waals surface area (Å²) in [5.74, 6) is 0. The molecule has 0 saturated carbocycles. The maximum Gasteiger partial charge on any atom is 0.320 e. The van der Waals surface area contributed by atoms with Gasteiger partial charge in [0, 0.05) is 0 Å². The lowest BCUT2D eigenvalue weighted by Crippen LogP contribution is -1.78. The summed E-state index contributed by atoms with van der Waals surface area (Å²) in [5, 5.41) is 8.01. The molecule has 0 radical (unpaired) electrons. The summed E-state index contributed by atoms with van der Waals surface area (Å²) in [4.78, 5) is 9.72. The van der Waals surface area contributed by atoms with Crippen molar-refractivity contribution in [2.24, 2.45) is 0 Å². The number of allylic oxidation sites excluding steroid dienone is 1. The second-order valence-electron chi connectivity index (χ2n) is 0.975. The predicted molar refractivity (Wildman–Crippen MR) is 31.4 cm³/mol. The molecule has 0 spiro atoms. The molecule has 0 aromatic rings. The van der Waals surface area contributed by atoms with Gasteiger partial charge in [-0.25, -0.2) is 4.79 Å². The summed E-state index contributed by atoms with van der Waals surface area (Å²) in [6.45, 7) is 3.38. The van der Waals surface area contributed by atoms with Gasteiger partial charge in [0.05, 0.1) is 0 Å². The van der Waals surface area contributed by atoms with Crippen molar-refractivity contribution >= 4 is 14.3 Å². The second kappa shape index (κ2) is 3.82. The standard InChI is InChI=1S/C4H7O2P/c1-2-3-7-4(5)6/h2,7H,1,3H2,(H,5,6). The highest BCUT2D eigenvalue weighted by atomic mass is 31.1. The number of hydrogen-bond acceptors (Lipinski definition) is 1. The van der Waals surface area contributed by atoms with Gasteiger partial charge >= 0.3 is 5.71 Å². The third-order valence-corrected chi connectivity index (χ3v) is 1.19. The van der Waals surface area contributed by atoms with E-state index in [4.69, 9.17) is 5.11 Å². The van der Waals surface area contributed by atoms with Crippen molar-refractivity contribution in [3.63, 3.8) is 0 Å². The molecule has 0 aliphatic carbocycles. The fourth-order valence-electron chi connectivity index (χ4n) is 0.159. The molecule has 40 valence electrons. The van der Waals surface area contributed by atoms with E-state index in [0.29, 0.717) is 6.16 Å². The van der Waals surface area contributed by atoms with E-state index in [1.807, 2.05) is 0 Å². The van der Waals surface area contributed by atoms with Gasteiger partial charge in [-0.05, 0) is 14.7 Å². The van der Waals surface area contributed by atoms with Gasteiger partial charge in [0.2, 0.25) is 0 Å². The Morgan fingerprint density at radius 2 is 2.57 bits per heavy atom. The molecular formula is C4H7O2P. The molecule has 3 heteroatoms. The van der Waals surface area contributed by atoms with Crippen LogP contribution in [0.2, 0.25) is 0 Å². The van der Waals surface area contributed by atoms with Gasteiger partial charge in [-0.2, -0.15) is 0 Å². The lowest BCUT2D eigenvalue weighted by atomic mass is 10.8. The van der Waals surface area contributed by atoms with E-state index in [1.54, 1.807) is 6.08 Å². The maximum absolute atomic E-state index is 9.72. The Bertz CT molecular complexity index is 79.8. The summed E-state index contributed by atoms with van der Waals surface area (Å²) in [7, 11) is -0.0127. The zero-order chi connectivity index (χ0) is 5.70. The zero-order valence-electron chi connectivity index (χ0n) is 3.85. The third kappa shape index (κ3) is 5.64. The molecule has 1 unspecified atom stereocenters. The van der Waals surface area contributed by atoms with Crippen molar-refractivity contribution in [1.82, 2.24) is 0 Å². The van der Waals surface area contributed by atoms with Crippen molar-refractivity contribution < 1.29 is 9.90 Å². The normalized spacial score (nSPS) is 9.71. The van der Waals surface area contributed by atoms with Gasteiger partial charge in [0.25, 0.3) is 0 Å². The monoisotopic (exact) mass is 118 g/mol. The molecule has 0 saturated heterocycles. The number of rotatable bonds is 3. The van der Waals surface area contributed by atoms with Crippen LogP contribution in [0.3, 0.4) is 0 Å². The number of carbonyl (C=O) groups is 1. The minimum Gasteiger partial charge on any atom is -0.478 e. The van der Waals surface area contributed by atoms with Gasteiger partial charge in [-0.15, -0.1) is 6.58 Å². The zero-order valence-corrected chi connectivity index (χ0v) is 4.85. The summed E-state index contributed by atoms with van der Waals surface area (Å²) in [5.41, 5.74) is -0.736. The highest BCUT2D eigenvalue weighted by molar-refractivity contribution is 7.57. The average Bonchev–Trinajstić information content (AvgIpc) is 1.61. The summed E-state index contributed by atoms with van der Waals surface area (Å²) in [6.07, 6.45) is 2.20. The molecule has 0 amide bonds. The molecule has 0 aliphatic heterocycles. The largest absolute Gasteiger partial charge is 0.478 e. The molecule has 2 nitrogen and oxygen atoms in total. The van der Waals surface area contributed by atoms with Crippen LogP contribution >= 0.6 is 8.58 Å². The van der Waals surface area contributed by atoms with Crippen LogP contribution in [0.4, 0.5) is 4.79 Å². The molecule has 0 aliphatic rings. The molecule has 0 aromatic carbocycles. The van der Waals surface area contributed by atoms with Crippen LogP contribution in [-0.2, 0) is 0 Å². The van der Waals surface area contributed by atoms with Gasteiger partial charge in [-0.3, -0.25) is 0 Å². The quantitative estimate of drug-likeness (QED) is 0.450. The van der Waals surface area contributed by atoms with Gasteiger partial charge in [0.15, 0.2) is 0 Å². The molecule has 0 bridgehead atoms. The minimum absolute atomic E-state index is 0.0127. The lowest BCUT2D eigenvalue weighted by molar-refractivity contribution is 0.221. The molecule has 0 heterocycles. The molecule has 0 rings (SSSR count). The lowest BCUT2D eigenvalue weighted by Gasteiger charge is -1.82. The predicted octanol–water partition coefficient (Wildman–Crippen LogP) is 1.53. The van der Waals surface area contributed by atoms with Gasteiger partial charge < -0.3 is 5.11 Å². The first-order valence-electron chi connectivity index (χ1n) is 1.85. The van der Waals surface area contributed by atoms with E-state index in [0.717, 1.165) is 0 Å². The van der Waals surface area contributed by atoms with Crippen LogP contribution in [0.1, 0.15) is 0 Å². The van der Waals surface area contributed by atoms with Crippen molar-refractivity contribution in [3.05, 3.63) is 12.7 Å². The fourth-order valence-corrected chi connectivity index (χ4v) is 0.478. The first-order chi connectivity index (χ1) is 3.27. The Hall–Kier alpha value is -0.360. The van der Waals surface area contributed by atoms with Crippen LogP contribution in [0.25, 0.3) is 0 Å². The fraction of sp³-hybridized carbons (Fsp3) is 0.250. The molecule has 1 atom stereocenters. The van der Waals surface area contributed by atoms with Crippen molar-refractivity contribution in [2.45, 2.75) is 0 Å². The average molecular weight is 118 g/mol. The SMILES string of the molecule is C=CCPC(=O)O. The van der Waals surface area contributed by atoms with E-state index < -0.39 is 5.71 Å². The van der Waals surface area contributed by atoms with Crippen LogP contribution < -0.4 is 0 Å². The summed E-state index contributed by atoms with van der Waals surface area (Å²) < 4.78 is 0. The van der Waals surface area contributed by atoms with Crippen LogP contribution in [-0.4, -0.2) is 17.0 Å². The van der Waals surface area contributed by atoms with Crippen LogP contribution in [0.15, 0.2) is 12.7 Å². The Morgan fingerprint density at radius 1 is 2.00 bits per heavy atom. The van der Waals surface area contributed by atoms with Crippen LogP contribution in [0.5, 0.6) is 0 Å². The Morgan fingerprint density at radius 3 is 2.71 bits per heavy atom. The third-order valence-electron chi connectivity index (χ3n) is 0.398. The Labute approximate surface area is 44.0 Å². The van der Waals surface area contributed by atoms with Crippen LogP contribution in [0, 0.1) is 0 Å². The summed E-state index contributed by atoms with van der Waals surface area (Å²) >= 11 is 0. The van der Waals surface area contributed by atoms with Crippen molar-refractivity contribution in [3.8, 4) is 0 Å². The summed E-state index contributed by atoms with van der Waals surface area (Å²) in [6, 6.07) is 0. The Balaban J connectivity index is 2.97. The molecule has 0 fully saturated rings. The smallest absolute Gasteiger partial charge is 0.320 e. The number of hydrogen-bond donors (Lipinski definition) is 1. The van der Waals surface area contributed by atoms with Crippen molar-refractivity contribution in [1.29, 1.82) is 0 Å².